The molecule has 2 fully saturated rings. The standard InChI is InChI=1S/C29H38N2O2/c1-3-31-17-5-4-6-28(31)25-10-9-24-19-26(14-11-23(24)18-25)30(2)29(32)22-12-15-27(16-13-22)33-20-21-7-8-21/h9-10,12-13,15-16,18,21,26,28H,3-8,11,14,17,19-20H2,1-2H3. The number of nitrogens with zero attached hydrogens (tertiary/aromatic N) is 2. The fourth-order valence-corrected chi connectivity index (χ4v) is 5.60. The van der Waals surface area contributed by atoms with Crippen molar-refractivity contribution in [1.29, 1.82) is 0 Å². The average molecular weight is 447 g/mol. The van der Waals surface area contributed by atoms with Crippen LogP contribution in [0.3, 0.4) is 0 Å². The van der Waals surface area contributed by atoms with Crippen molar-refractivity contribution in [2.75, 3.05) is 26.7 Å². The van der Waals surface area contributed by atoms with E-state index in [-0.39, 0.29) is 11.9 Å². The van der Waals surface area contributed by atoms with Gasteiger partial charge in [0, 0.05) is 24.7 Å². The number of aryl methyl sites for hydroxylation is 1. The molecule has 0 radical (unpaired) electrons. The van der Waals surface area contributed by atoms with Gasteiger partial charge in [-0.1, -0.05) is 31.5 Å². The summed E-state index contributed by atoms with van der Waals surface area (Å²) in [6.07, 6.45) is 9.53. The summed E-state index contributed by atoms with van der Waals surface area (Å²) >= 11 is 0. The first kappa shape index (κ1) is 22.5. The van der Waals surface area contributed by atoms with Crippen LogP contribution in [0.15, 0.2) is 42.5 Å². The molecule has 176 valence electrons. The van der Waals surface area contributed by atoms with Gasteiger partial charge >= 0.3 is 0 Å². The lowest BCUT2D eigenvalue weighted by Gasteiger charge is -2.36. The summed E-state index contributed by atoms with van der Waals surface area (Å²) in [5.41, 5.74) is 5.14. The van der Waals surface area contributed by atoms with Crippen LogP contribution in [-0.2, 0) is 12.8 Å². The fraction of sp³-hybridized carbons (Fsp3) is 0.552. The zero-order chi connectivity index (χ0) is 22.8. The van der Waals surface area contributed by atoms with E-state index in [2.05, 4.69) is 30.0 Å². The first-order valence-corrected chi connectivity index (χ1v) is 13.0. The van der Waals surface area contributed by atoms with E-state index < -0.39 is 0 Å². The molecular weight excluding hydrogens is 408 g/mol. The number of amides is 1. The lowest BCUT2D eigenvalue weighted by atomic mass is 9.84. The Labute approximate surface area is 198 Å². The molecule has 2 unspecified atom stereocenters. The molecule has 0 spiro atoms. The Morgan fingerprint density at radius 2 is 1.85 bits per heavy atom. The Morgan fingerprint density at radius 1 is 1.03 bits per heavy atom. The number of carbonyl (C=O) groups excluding carboxylic acids is 1. The van der Waals surface area contributed by atoms with Gasteiger partial charge in [0.25, 0.3) is 5.91 Å². The molecule has 1 heterocycles. The number of hydrogen-bond acceptors (Lipinski definition) is 3. The van der Waals surface area contributed by atoms with Crippen molar-refractivity contribution < 1.29 is 9.53 Å². The number of fused-ring (bicyclic) bond motifs is 1. The highest BCUT2D eigenvalue weighted by Gasteiger charge is 2.28. The highest BCUT2D eigenvalue weighted by molar-refractivity contribution is 5.94. The van der Waals surface area contributed by atoms with Gasteiger partial charge in [-0.3, -0.25) is 9.69 Å². The predicted octanol–water partition coefficient (Wildman–Crippen LogP) is 5.65. The molecule has 3 aliphatic rings. The van der Waals surface area contributed by atoms with Crippen LogP contribution in [0.4, 0.5) is 0 Å². The van der Waals surface area contributed by atoms with Gasteiger partial charge in [0.2, 0.25) is 0 Å². The number of likely N-dealkylation sites (tertiary alicyclic amines) is 1. The molecule has 0 aromatic heterocycles. The second-order valence-corrected chi connectivity index (χ2v) is 10.3. The molecule has 4 nitrogen and oxygen atoms in total. The number of likely N-dealkylation sites (N-methyl/N-ethyl adjacent to an activating group) is 1. The minimum absolute atomic E-state index is 0.106. The molecule has 1 aliphatic heterocycles. The second kappa shape index (κ2) is 9.89. The first-order chi connectivity index (χ1) is 16.1. The zero-order valence-corrected chi connectivity index (χ0v) is 20.3. The smallest absolute Gasteiger partial charge is 0.253 e. The summed E-state index contributed by atoms with van der Waals surface area (Å²) in [6, 6.07) is 15.7. The maximum Gasteiger partial charge on any atom is 0.253 e. The van der Waals surface area contributed by atoms with E-state index in [9.17, 15) is 4.79 Å². The summed E-state index contributed by atoms with van der Waals surface area (Å²) in [6.45, 7) is 5.43. The van der Waals surface area contributed by atoms with Crippen LogP contribution in [0.5, 0.6) is 5.75 Å². The molecule has 2 aliphatic carbocycles. The van der Waals surface area contributed by atoms with Crippen LogP contribution in [0, 0.1) is 5.92 Å². The third-order valence-electron chi connectivity index (χ3n) is 7.99. The van der Waals surface area contributed by atoms with Crippen molar-refractivity contribution in [3.63, 3.8) is 0 Å². The van der Waals surface area contributed by atoms with Crippen molar-refractivity contribution in [3.8, 4) is 5.75 Å². The minimum atomic E-state index is 0.106. The average Bonchev–Trinajstić information content (AvgIpc) is 3.71. The van der Waals surface area contributed by atoms with Crippen molar-refractivity contribution in [2.45, 2.75) is 70.4 Å². The predicted molar refractivity (Wildman–Crippen MR) is 133 cm³/mol. The molecule has 2 aromatic rings. The SMILES string of the molecule is CCN1CCCCC1c1ccc2c(c1)CCC(N(C)C(=O)c1ccc(OCC3CC3)cc1)C2. The van der Waals surface area contributed by atoms with Crippen LogP contribution in [-0.4, -0.2) is 48.5 Å². The van der Waals surface area contributed by atoms with Gasteiger partial charge in [-0.2, -0.15) is 0 Å². The molecule has 33 heavy (non-hydrogen) atoms. The van der Waals surface area contributed by atoms with E-state index in [1.54, 1.807) is 0 Å². The number of carbonyl (C=O) groups is 1. The number of ether oxygens (including phenoxy) is 1. The number of hydrogen-bond donors (Lipinski definition) is 0. The van der Waals surface area contributed by atoms with Gasteiger partial charge in [-0.05, 0) is 105 Å². The quantitative estimate of drug-likeness (QED) is 0.551. The number of rotatable bonds is 7. The Kier molecular flexibility index (Phi) is 6.73. The van der Waals surface area contributed by atoms with Gasteiger partial charge in [0.15, 0.2) is 0 Å². The van der Waals surface area contributed by atoms with Crippen LogP contribution in [0.1, 0.15) is 78.5 Å². The van der Waals surface area contributed by atoms with Gasteiger partial charge in [-0.25, -0.2) is 0 Å². The Hall–Kier alpha value is -2.33. The van der Waals surface area contributed by atoms with E-state index in [1.807, 2.05) is 36.2 Å². The van der Waals surface area contributed by atoms with Gasteiger partial charge in [-0.15, -0.1) is 0 Å². The molecule has 4 heteroatoms. The van der Waals surface area contributed by atoms with Crippen LogP contribution < -0.4 is 4.74 Å². The molecular formula is C29H38N2O2. The third-order valence-corrected chi connectivity index (χ3v) is 7.99. The van der Waals surface area contributed by atoms with E-state index in [1.165, 1.54) is 55.3 Å². The minimum Gasteiger partial charge on any atom is -0.493 e. The maximum atomic E-state index is 13.2. The van der Waals surface area contributed by atoms with Crippen molar-refractivity contribution in [2.24, 2.45) is 5.92 Å². The van der Waals surface area contributed by atoms with E-state index in [0.29, 0.717) is 6.04 Å². The summed E-state index contributed by atoms with van der Waals surface area (Å²) in [5, 5.41) is 0. The molecule has 1 saturated heterocycles. The van der Waals surface area contributed by atoms with Crippen molar-refractivity contribution >= 4 is 5.91 Å². The van der Waals surface area contributed by atoms with Crippen molar-refractivity contribution in [1.82, 2.24) is 9.80 Å². The number of piperidine rings is 1. The van der Waals surface area contributed by atoms with Crippen molar-refractivity contribution in [3.05, 3.63) is 64.7 Å². The largest absolute Gasteiger partial charge is 0.493 e. The van der Waals surface area contributed by atoms with E-state index in [0.717, 1.165) is 49.6 Å². The Balaban J connectivity index is 1.22. The van der Waals surface area contributed by atoms with Gasteiger partial charge in [0.1, 0.15) is 5.75 Å². The highest BCUT2D eigenvalue weighted by atomic mass is 16.5. The Bertz CT molecular complexity index is 966. The lowest BCUT2D eigenvalue weighted by molar-refractivity contribution is 0.0719. The van der Waals surface area contributed by atoms with E-state index in [4.69, 9.17) is 4.74 Å². The molecule has 0 N–H and O–H groups in total. The third kappa shape index (κ3) is 5.11. The fourth-order valence-electron chi connectivity index (χ4n) is 5.60. The topological polar surface area (TPSA) is 32.8 Å². The van der Waals surface area contributed by atoms with Crippen LogP contribution in [0.2, 0.25) is 0 Å². The molecule has 2 aromatic carbocycles. The van der Waals surface area contributed by atoms with Crippen LogP contribution >= 0.6 is 0 Å². The molecule has 1 saturated carbocycles. The summed E-state index contributed by atoms with van der Waals surface area (Å²) in [4.78, 5) is 17.7. The zero-order valence-electron chi connectivity index (χ0n) is 20.3. The van der Waals surface area contributed by atoms with Gasteiger partial charge in [0.05, 0.1) is 6.61 Å². The summed E-state index contributed by atoms with van der Waals surface area (Å²) < 4.78 is 5.82. The highest BCUT2D eigenvalue weighted by Crippen LogP contribution is 2.34. The summed E-state index contributed by atoms with van der Waals surface area (Å²) in [7, 11) is 1.96. The maximum absolute atomic E-state index is 13.2. The Morgan fingerprint density at radius 3 is 2.61 bits per heavy atom. The lowest BCUT2D eigenvalue weighted by Crippen LogP contribution is -2.40. The van der Waals surface area contributed by atoms with Gasteiger partial charge < -0.3 is 9.64 Å². The normalized spacial score (nSPS) is 23.1. The second-order valence-electron chi connectivity index (χ2n) is 10.3. The molecule has 1 amide bonds. The summed E-state index contributed by atoms with van der Waals surface area (Å²) in [5.74, 6) is 1.70. The van der Waals surface area contributed by atoms with Crippen LogP contribution in [0.25, 0.3) is 0 Å². The molecule has 2 atom stereocenters. The number of benzene rings is 2. The molecule has 0 bridgehead atoms. The van der Waals surface area contributed by atoms with E-state index >= 15 is 0 Å². The molecule has 5 rings (SSSR count). The first-order valence-electron chi connectivity index (χ1n) is 13.0. The monoisotopic (exact) mass is 446 g/mol.